The van der Waals surface area contributed by atoms with E-state index in [1.54, 1.807) is 36.4 Å². The second-order valence-electron chi connectivity index (χ2n) is 6.90. The smallest absolute Gasteiger partial charge is 0.219 e. The number of nitrogens with one attached hydrogen (secondary N) is 1. The Kier molecular flexibility index (Phi) is 7.45. The van der Waals surface area contributed by atoms with Crippen molar-refractivity contribution >= 4 is 38.9 Å². The van der Waals surface area contributed by atoms with E-state index in [0.29, 0.717) is 16.5 Å². The first-order valence-corrected chi connectivity index (χ1v) is 12.3. The van der Waals surface area contributed by atoms with Crippen LogP contribution in [0.5, 0.6) is 0 Å². The Hall–Kier alpha value is -2.72. The summed E-state index contributed by atoms with van der Waals surface area (Å²) < 4.78 is 26.5. The van der Waals surface area contributed by atoms with Crippen LogP contribution in [0.15, 0.2) is 87.6 Å². The van der Waals surface area contributed by atoms with Crippen LogP contribution in [0.1, 0.15) is 16.7 Å². The van der Waals surface area contributed by atoms with Crippen LogP contribution in [-0.2, 0) is 15.6 Å². The van der Waals surface area contributed by atoms with Crippen LogP contribution >= 0.6 is 23.4 Å². The molecule has 158 valence electrons. The van der Waals surface area contributed by atoms with E-state index in [1.807, 2.05) is 44.2 Å². The number of anilines is 1. The molecular weight excluding hydrogens is 448 g/mol. The molecule has 0 fully saturated rings. The molecule has 3 aromatic carbocycles. The van der Waals surface area contributed by atoms with Crippen LogP contribution in [0, 0.1) is 25.2 Å². The van der Waals surface area contributed by atoms with Gasteiger partial charge < -0.3 is 5.32 Å². The number of sulfone groups is 1. The number of hydrogen-bond acceptors (Lipinski definition) is 5. The lowest BCUT2D eigenvalue weighted by atomic mass is 10.2. The molecule has 0 spiro atoms. The molecule has 3 rings (SSSR count). The molecule has 0 aliphatic heterocycles. The molecule has 0 amide bonds. The van der Waals surface area contributed by atoms with Crippen molar-refractivity contribution in [2.24, 2.45) is 0 Å². The molecule has 4 nitrogen and oxygen atoms in total. The maximum Gasteiger partial charge on any atom is 0.219 e. The van der Waals surface area contributed by atoms with Crippen molar-refractivity contribution < 1.29 is 8.42 Å². The maximum atomic E-state index is 13.2. The summed E-state index contributed by atoms with van der Waals surface area (Å²) in [4.78, 5) is -0.250. The summed E-state index contributed by atoms with van der Waals surface area (Å²) >= 11 is 7.51. The van der Waals surface area contributed by atoms with Crippen LogP contribution < -0.4 is 5.32 Å². The van der Waals surface area contributed by atoms with Gasteiger partial charge in [0, 0.05) is 16.5 Å². The normalized spacial score (nSPS) is 12.1. The molecule has 0 unspecified atom stereocenters. The number of halogens is 1. The summed E-state index contributed by atoms with van der Waals surface area (Å²) in [5.41, 5.74) is 3.58. The van der Waals surface area contributed by atoms with Gasteiger partial charge in [0.25, 0.3) is 0 Å². The molecule has 0 saturated heterocycles. The lowest BCUT2D eigenvalue weighted by Crippen LogP contribution is -2.11. The van der Waals surface area contributed by atoms with Gasteiger partial charge in [0.15, 0.2) is 4.91 Å². The van der Waals surface area contributed by atoms with Crippen molar-refractivity contribution in [1.82, 2.24) is 0 Å². The minimum absolute atomic E-state index is 0.0737. The lowest BCUT2D eigenvalue weighted by Gasteiger charge is -2.16. The summed E-state index contributed by atoms with van der Waals surface area (Å²) in [6.45, 7) is 3.84. The molecule has 7 heteroatoms. The van der Waals surface area contributed by atoms with Crippen LogP contribution in [0.4, 0.5) is 5.69 Å². The van der Waals surface area contributed by atoms with Crippen LogP contribution in [-0.4, -0.2) is 8.42 Å². The first-order valence-electron chi connectivity index (χ1n) is 9.48. The Balaban J connectivity index is 2.07. The second-order valence-corrected chi connectivity index (χ2v) is 10.2. The minimum Gasteiger partial charge on any atom is -0.348 e. The van der Waals surface area contributed by atoms with Crippen LogP contribution in [0.25, 0.3) is 0 Å². The van der Waals surface area contributed by atoms with Gasteiger partial charge in [-0.15, -0.1) is 11.8 Å². The highest BCUT2D eigenvalue weighted by Crippen LogP contribution is 2.33. The van der Waals surface area contributed by atoms with E-state index in [0.717, 1.165) is 16.7 Å². The average Bonchev–Trinajstić information content (AvgIpc) is 2.77. The minimum atomic E-state index is -4.00. The van der Waals surface area contributed by atoms with Gasteiger partial charge >= 0.3 is 0 Å². The van der Waals surface area contributed by atoms with Crippen molar-refractivity contribution in [1.29, 1.82) is 5.26 Å². The predicted octanol–water partition coefficient (Wildman–Crippen LogP) is 6.47. The fourth-order valence-electron chi connectivity index (χ4n) is 2.81. The molecule has 0 aliphatic carbocycles. The van der Waals surface area contributed by atoms with Gasteiger partial charge in [-0.1, -0.05) is 65.7 Å². The summed E-state index contributed by atoms with van der Waals surface area (Å²) in [7, 11) is -4.00. The molecule has 0 heterocycles. The van der Waals surface area contributed by atoms with Gasteiger partial charge in [-0.3, -0.25) is 0 Å². The Bertz CT molecular complexity index is 1250. The topological polar surface area (TPSA) is 70.0 Å². The molecule has 0 aliphatic rings. The van der Waals surface area contributed by atoms with Crippen molar-refractivity contribution in [3.63, 3.8) is 0 Å². The molecule has 3 aromatic rings. The maximum absolute atomic E-state index is 13.2. The largest absolute Gasteiger partial charge is 0.348 e. The third kappa shape index (κ3) is 5.50. The molecule has 0 bridgehead atoms. The number of thioether (sulfide) groups is 1. The highest BCUT2D eigenvalue weighted by atomic mass is 35.5. The van der Waals surface area contributed by atoms with Crippen LogP contribution in [0.2, 0.25) is 5.02 Å². The molecular formula is C24H21ClN2O2S2. The highest BCUT2D eigenvalue weighted by molar-refractivity contribution is 8.04. The van der Waals surface area contributed by atoms with Crippen molar-refractivity contribution in [2.75, 3.05) is 5.32 Å². The van der Waals surface area contributed by atoms with E-state index in [4.69, 9.17) is 11.6 Å². The van der Waals surface area contributed by atoms with Crippen LogP contribution in [0.3, 0.4) is 0 Å². The third-order valence-corrected chi connectivity index (χ3v) is 7.99. The van der Waals surface area contributed by atoms with Crippen molar-refractivity contribution in [3.8, 4) is 6.07 Å². The third-order valence-electron chi connectivity index (χ3n) is 4.65. The zero-order valence-corrected chi connectivity index (χ0v) is 19.5. The number of hydrogen-bond donors (Lipinski definition) is 1. The van der Waals surface area contributed by atoms with E-state index < -0.39 is 9.84 Å². The van der Waals surface area contributed by atoms with Crippen molar-refractivity contribution in [2.45, 2.75) is 24.5 Å². The quantitative estimate of drug-likeness (QED) is 0.402. The van der Waals surface area contributed by atoms with Crippen molar-refractivity contribution in [3.05, 3.63) is 104 Å². The van der Waals surface area contributed by atoms with E-state index >= 15 is 0 Å². The van der Waals surface area contributed by atoms with Gasteiger partial charge in [-0.2, -0.15) is 5.26 Å². The van der Waals surface area contributed by atoms with E-state index in [1.165, 1.54) is 23.9 Å². The lowest BCUT2D eigenvalue weighted by molar-refractivity contribution is 0.603. The molecule has 1 N–H and O–H groups in total. The molecule has 0 atom stereocenters. The molecule has 31 heavy (non-hydrogen) atoms. The summed E-state index contributed by atoms with van der Waals surface area (Å²) in [6, 6.07) is 23.2. The first-order chi connectivity index (χ1) is 14.8. The molecule has 0 aromatic heterocycles. The Morgan fingerprint density at radius 3 is 2.32 bits per heavy atom. The fraction of sp³-hybridized carbons (Fsp3) is 0.125. The monoisotopic (exact) mass is 468 g/mol. The Labute approximate surface area is 192 Å². The van der Waals surface area contributed by atoms with Gasteiger partial charge in [0.05, 0.1) is 4.90 Å². The number of rotatable bonds is 7. The van der Waals surface area contributed by atoms with E-state index in [9.17, 15) is 13.7 Å². The van der Waals surface area contributed by atoms with Gasteiger partial charge in [-0.05, 0) is 49.2 Å². The number of nitrogens with zero attached hydrogens (tertiary/aromatic N) is 1. The van der Waals surface area contributed by atoms with Gasteiger partial charge in [-0.25, -0.2) is 8.42 Å². The van der Waals surface area contributed by atoms with Gasteiger partial charge in [0.1, 0.15) is 11.1 Å². The number of benzene rings is 3. The van der Waals surface area contributed by atoms with Gasteiger partial charge in [0.2, 0.25) is 9.84 Å². The zero-order valence-electron chi connectivity index (χ0n) is 17.1. The first kappa shape index (κ1) is 23.0. The van der Waals surface area contributed by atoms with E-state index in [-0.39, 0.29) is 14.8 Å². The average molecular weight is 469 g/mol. The predicted molar refractivity (Wildman–Crippen MR) is 129 cm³/mol. The second kappa shape index (κ2) is 10.1. The summed E-state index contributed by atoms with van der Waals surface area (Å²) in [5, 5.41) is 13.8. The fourth-order valence-corrected chi connectivity index (χ4v) is 5.52. The number of nitriles is 1. The van der Waals surface area contributed by atoms with E-state index in [2.05, 4.69) is 5.32 Å². The highest BCUT2D eigenvalue weighted by Gasteiger charge is 2.26. The summed E-state index contributed by atoms with van der Waals surface area (Å²) in [5.74, 6) is 0.498. The number of aryl methyl sites for hydroxylation is 1. The number of allylic oxidation sites excluding steroid dienone is 1. The molecule has 0 radical (unpaired) electrons. The summed E-state index contributed by atoms with van der Waals surface area (Å²) in [6.07, 6.45) is 0. The standard InChI is InChI=1S/C24H21ClN2O2S2/c1-17-11-13-19(14-12-17)16-30-24(27-22-10-6-9-21(25)18(22)2)23(15-26)31(28,29)20-7-4-3-5-8-20/h3-14,27H,16H2,1-2H3/b24-23+. The SMILES string of the molecule is Cc1ccc(CS/C(Nc2cccc(Cl)c2C)=C(\C#N)S(=O)(=O)c2ccccc2)cc1. The Morgan fingerprint density at radius 1 is 1.00 bits per heavy atom. The molecule has 0 saturated carbocycles. The zero-order chi connectivity index (χ0) is 22.4. The Morgan fingerprint density at radius 2 is 1.68 bits per heavy atom.